The first-order chi connectivity index (χ1) is 15.7. The number of nitrogens with zero attached hydrogens (tertiary/aromatic N) is 3. The third kappa shape index (κ3) is 4.08. The van der Waals surface area contributed by atoms with E-state index in [4.69, 9.17) is 9.78 Å². The first-order valence-electron chi connectivity index (χ1n) is 10.3. The molecule has 8 heteroatoms. The number of amides is 2. The van der Waals surface area contributed by atoms with Crippen molar-refractivity contribution in [3.05, 3.63) is 89.2 Å². The number of carbonyl (C=O) groups excluding carboxylic acids is 2. The molecule has 3 heterocycles. The zero-order valence-corrected chi connectivity index (χ0v) is 17.2. The molecule has 0 spiro atoms. The van der Waals surface area contributed by atoms with E-state index >= 15 is 0 Å². The summed E-state index contributed by atoms with van der Waals surface area (Å²) in [6.45, 7) is 0.984. The van der Waals surface area contributed by atoms with Crippen molar-refractivity contribution in [2.75, 3.05) is 11.9 Å². The average Bonchev–Trinajstić information content (AvgIpc) is 3.33. The van der Waals surface area contributed by atoms with Crippen molar-refractivity contribution >= 4 is 23.2 Å². The van der Waals surface area contributed by atoms with E-state index in [-0.39, 0.29) is 11.8 Å². The van der Waals surface area contributed by atoms with Crippen LogP contribution in [0.3, 0.4) is 0 Å². The van der Waals surface area contributed by atoms with Gasteiger partial charge in [0.05, 0.1) is 11.3 Å². The maximum Gasteiger partial charge on any atom is 0.273 e. The van der Waals surface area contributed by atoms with Gasteiger partial charge in [0.2, 0.25) is 0 Å². The van der Waals surface area contributed by atoms with E-state index in [1.165, 1.54) is 11.2 Å². The molecule has 0 radical (unpaired) electrons. The van der Waals surface area contributed by atoms with Crippen LogP contribution in [0.15, 0.2) is 72.1 Å². The minimum Gasteiger partial charge on any atom is -0.337 e. The second kappa shape index (κ2) is 8.60. The van der Waals surface area contributed by atoms with E-state index in [1.54, 1.807) is 42.6 Å². The maximum atomic E-state index is 13.0. The summed E-state index contributed by atoms with van der Waals surface area (Å²) in [5.74, 6) is 0.247. The molecule has 0 aliphatic carbocycles. The summed E-state index contributed by atoms with van der Waals surface area (Å²) >= 11 is 0. The number of hydrogen-bond acceptors (Lipinski definition) is 6. The topological polar surface area (TPSA) is 93.1 Å². The Morgan fingerprint density at radius 1 is 1.03 bits per heavy atom. The molecule has 0 unspecified atom stereocenters. The second-order valence-corrected chi connectivity index (χ2v) is 7.52. The van der Waals surface area contributed by atoms with E-state index in [1.807, 2.05) is 18.2 Å². The second-order valence-electron chi connectivity index (χ2n) is 7.52. The maximum absolute atomic E-state index is 13.0. The molecule has 0 atom stereocenters. The molecule has 0 fully saturated rings. The molecular formula is C24H20N4O4. The molecule has 2 aromatic carbocycles. The predicted octanol–water partition coefficient (Wildman–Crippen LogP) is 3.80. The Morgan fingerprint density at radius 2 is 1.91 bits per heavy atom. The van der Waals surface area contributed by atoms with Gasteiger partial charge < -0.3 is 10.2 Å². The average molecular weight is 428 g/mol. The highest BCUT2D eigenvalue weighted by Crippen LogP contribution is 2.28. The molecule has 0 saturated heterocycles. The Bertz CT molecular complexity index is 1190. The Hall–Kier alpha value is -4.04. The van der Waals surface area contributed by atoms with Crippen LogP contribution in [0.4, 0.5) is 5.69 Å². The minimum absolute atomic E-state index is 0.187. The quantitative estimate of drug-likeness (QED) is 0.638. The first kappa shape index (κ1) is 19.9. The van der Waals surface area contributed by atoms with Gasteiger partial charge in [0.25, 0.3) is 11.8 Å². The summed E-state index contributed by atoms with van der Waals surface area (Å²) in [4.78, 5) is 39.4. The summed E-state index contributed by atoms with van der Waals surface area (Å²) in [6, 6.07) is 16.0. The van der Waals surface area contributed by atoms with Crippen LogP contribution in [0.5, 0.6) is 5.75 Å². The summed E-state index contributed by atoms with van der Waals surface area (Å²) in [5, 5.41) is 8.88. The molecule has 5 rings (SSSR count). The van der Waals surface area contributed by atoms with Crippen LogP contribution in [-0.2, 0) is 11.5 Å². The normalized spacial score (nSPS) is 14.9. The molecule has 2 amide bonds. The molecule has 160 valence electrons. The van der Waals surface area contributed by atoms with Crippen molar-refractivity contribution < 1.29 is 19.4 Å². The predicted molar refractivity (Wildman–Crippen MR) is 117 cm³/mol. The summed E-state index contributed by atoms with van der Waals surface area (Å²) in [5.41, 5.74) is 4.31. The summed E-state index contributed by atoms with van der Waals surface area (Å²) < 4.78 is 0. The molecular weight excluding hydrogens is 408 g/mol. The number of benzene rings is 2. The zero-order chi connectivity index (χ0) is 21.9. The van der Waals surface area contributed by atoms with Gasteiger partial charge >= 0.3 is 0 Å². The van der Waals surface area contributed by atoms with Crippen LogP contribution in [0.25, 0.3) is 0 Å². The molecule has 1 N–H and O–H groups in total. The summed E-state index contributed by atoms with van der Waals surface area (Å²) in [6.07, 6.45) is 4.71. The van der Waals surface area contributed by atoms with E-state index < -0.39 is 0 Å². The molecule has 1 aromatic heterocycles. The van der Waals surface area contributed by atoms with Gasteiger partial charge in [0.1, 0.15) is 6.61 Å². The van der Waals surface area contributed by atoms with E-state index in [9.17, 15) is 9.59 Å². The Balaban J connectivity index is 1.29. The molecule has 3 aromatic rings. The van der Waals surface area contributed by atoms with Gasteiger partial charge in [-0.15, -0.1) is 0 Å². The smallest absolute Gasteiger partial charge is 0.273 e. The largest absolute Gasteiger partial charge is 0.337 e. The number of anilines is 1. The number of aromatic nitrogens is 1. The number of hydrazone groups is 1. The van der Waals surface area contributed by atoms with E-state index in [0.29, 0.717) is 35.7 Å². The van der Waals surface area contributed by atoms with Gasteiger partial charge in [0, 0.05) is 41.3 Å². The number of fused-ring (bicyclic) bond motifs is 1. The Morgan fingerprint density at radius 3 is 2.72 bits per heavy atom. The van der Waals surface area contributed by atoms with Crippen molar-refractivity contribution in [1.29, 1.82) is 0 Å². The van der Waals surface area contributed by atoms with Crippen molar-refractivity contribution in [3.8, 4) is 5.75 Å². The van der Waals surface area contributed by atoms with Crippen LogP contribution < -0.4 is 10.2 Å². The first-order valence-corrected chi connectivity index (χ1v) is 10.3. The van der Waals surface area contributed by atoms with Crippen LogP contribution in [-0.4, -0.2) is 34.1 Å². The lowest BCUT2D eigenvalue weighted by Crippen LogP contribution is -2.32. The monoisotopic (exact) mass is 428 g/mol. The standard InChI is InChI=1S/C24H20N4O4/c29-23(18-3-1-11-25-14-18)26-20-9-7-16(8-10-20)24(30)28-12-2-4-21(27-28)17-5-6-19-15-31-32-22(19)13-17/h1,3,5-11,13-14H,2,4,12,15H2,(H,26,29). The number of nitrogens with one attached hydrogen (secondary N) is 1. The van der Waals surface area contributed by atoms with E-state index in [0.717, 1.165) is 29.7 Å². The van der Waals surface area contributed by atoms with Gasteiger partial charge in [-0.3, -0.25) is 14.6 Å². The van der Waals surface area contributed by atoms with Gasteiger partial charge in [-0.25, -0.2) is 5.01 Å². The number of hydrogen-bond donors (Lipinski definition) is 1. The fourth-order valence-corrected chi connectivity index (χ4v) is 3.62. The van der Waals surface area contributed by atoms with Crippen LogP contribution in [0.1, 0.15) is 44.7 Å². The molecule has 8 nitrogen and oxygen atoms in total. The Kier molecular flexibility index (Phi) is 5.35. The number of rotatable bonds is 4. The fraction of sp³-hybridized carbons (Fsp3) is 0.167. The van der Waals surface area contributed by atoms with Crippen LogP contribution in [0, 0.1) is 0 Å². The van der Waals surface area contributed by atoms with Crippen LogP contribution >= 0.6 is 0 Å². The van der Waals surface area contributed by atoms with Crippen LogP contribution in [0.2, 0.25) is 0 Å². The van der Waals surface area contributed by atoms with Gasteiger partial charge in [0.15, 0.2) is 5.75 Å². The third-order valence-corrected chi connectivity index (χ3v) is 5.34. The number of pyridine rings is 1. The van der Waals surface area contributed by atoms with E-state index in [2.05, 4.69) is 15.4 Å². The number of carbonyl (C=O) groups is 2. The lowest BCUT2D eigenvalue weighted by molar-refractivity contribution is -0.194. The highest BCUT2D eigenvalue weighted by Gasteiger charge is 2.22. The summed E-state index contributed by atoms with van der Waals surface area (Å²) in [7, 11) is 0. The molecule has 32 heavy (non-hydrogen) atoms. The molecule has 2 aliphatic rings. The molecule has 0 bridgehead atoms. The minimum atomic E-state index is -0.258. The highest BCUT2D eigenvalue weighted by molar-refractivity contribution is 6.05. The highest BCUT2D eigenvalue weighted by atomic mass is 17.2. The van der Waals surface area contributed by atoms with Crippen molar-refractivity contribution in [2.45, 2.75) is 19.4 Å². The van der Waals surface area contributed by atoms with Gasteiger partial charge in [-0.1, -0.05) is 12.1 Å². The molecule has 2 aliphatic heterocycles. The van der Waals surface area contributed by atoms with Crippen molar-refractivity contribution in [1.82, 2.24) is 9.99 Å². The SMILES string of the molecule is O=C(Nc1ccc(C(=O)N2CCCC(c3ccc4c(c3)OOC4)=N2)cc1)c1cccnc1. The van der Waals surface area contributed by atoms with Gasteiger partial charge in [-0.05, 0) is 55.3 Å². The Labute approximate surface area is 184 Å². The lowest BCUT2D eigenvalue weighted by Gasteiger charge is -2.24. The molecule has 0 saturated carbocycles. The van der Waals surface area contributed by atoms with Gasteiger partial charge in [-0.2, -0.15) is 9.99 Å². The van der Waals surface area contributed by atoms with Crippen molar-refractivity contribution in [2.24, 2.45) is 5.10 Å². The third-order valence-electron chi connectivity index (χ3n) is 5.34. The van der Waals surface area contributed by atoms with Crippen molar-refractivity contribution in [3.63, 3.8) is 0 Å². The zero-order valence-electron chi connectivity index (χ0n) is 17.2. The lowest BCUT2D eigenvalue weighted by atomic mass is 10.0. The fourth-order valence-electron chi connectivity index (χ4n) is 3.62.